The fraction of sp³-hybridized carbons (Fsp3) is 0.525. The van der Waals surface area contributed by atoms with Gasteiger partial charge >= 0.3 is 5.97 Å². The highest BCUT2D eigenvalue weighted by Crippen LogP contribution is 2.42. The molecule has 0 saturated carbocycles. The number of likely N-dealkylation sites (tertiary alicyclic amines) is 2. The van der Waals surface area contributed by atoms with Crippen molar-refractivity contribution in [3.8, 4) is 5.75 Å². The molecule has 3 heterocycles. The number of Topliss-reactive ketones (excluding diaryl/α,β-unsaturated/α-hetero) is 1. The zero-order valence-corrected chi connectivity index (χ0v) is 47.7. The largest absolute Gasteiger partial charge is 0.487 e. The van der Waals surface area contributed by atoms with Gasteiger partial charge in [-0.3, -0.25) is 29.5 Å². The van der Waals surface area contributed by atoms with Gasteiger partial charge in [-0.2, -0.15) is 0 Å². The van der Waals surface area contributed by atoms with E-state index in [1.54, 1.807) is 44.4 Å². The van der Waals surface area contributed by atoms with E-state index in [0.29, 0.717) is 82.1 Å². The van der Waals surface area contributed by atoms with Crippen molar-refractivity contribution in [1.82, 2.24) is 19.8 Å². The molecule has 3 aliphatic heterocycles. The van der Waals surface area contributed by atoms with E-state index < -0.39 is 51.2 Å². The van der Waals surface area contributed by atoms with E-state index in [0.717, 1.165) is 46.4 Å². The van der Waals surface area contributed by atoms with E-state index in [1.807, 2.05) is 32.9 Å². The molecule has 2 amide bonds. The van der Waals surface area contributed by atoms with Gasteiger partial charge in [-0.05, 0) is 172 Å². The Kier molecular flexibility index (Phi) is 18.8. The Morgan fingerprint density at radius 2 is 1.39 bits per heavy atom. The third kappa shape index (κ3) is 13.8. The van der Waals surface area contributed by atoms with Crippen LogP contribution in [0.15, 0.2) is 94.8 Å². The number of rotatable bonds is 21. The molecule has 416 valence electrons. The lowest BCUT2D eigenvalue weighted by Crippen LogP contribution is -2.54. The van der Waals surface area contributed by atoms with Crippen LogP contribution in [0.1, 0.15) is 150 Å². The molecule has 0 aromatic heterocycles. The number of aryl methyl sites for hydroxylation is 1. The highest BCUT2D eigenvalue weighted by Gasteiger charge is 2.44. The predicted octanol–water partition coefficient (Wildman–Crippen LogP) is 8.38. The van der Waals surface area contributed by atoms with Gasteiger partial charge in [0.25, 0.3) is 10.0 Å². The molecular formula is C61H83N7O8S. The van der Waals surface area contributed by atoms with Crippen LogP contribution in [0, 0.1) is 33.6 Å². The number of nitrogens with one attached hydrogen (secondary N) is 2. The number of carbonyl (C=O) groups is 4. The van der Waals surface area contributed by atoms with Crippen LogP contribution >= 0.6 is 0 Å². The zero-order valence-electron chi connectivity index (χ0n) is 46.9. The van der Waals surface area contributed by atoms with E-state index >= 15 is 0 Å². The Morgan fingerprint density at radius 1 is 0.792 bits per heavy atom. The van der Waals surface area contributed by atoms with Crippen LogP contribution in [-0.4, -0.2) is 103 Å². The maximum Gasteiger partial charge on any atom is 0.309 e. The molecule has 6 N–H and O–H groups in total. The molecule has 0 aliphatic carbocycles. The van der Waals surface area contributed by atoms with Gasteiger partial charge in [0.15, 0.2) is 5.78 Å². The molecule has 0 bridgehead atoms. The van der Waals surface area contributed by atoms with E-state index in [-0.39, 0.29) is 53.4 Å². The summed E-state index contributed by atoms with van der Waals surface area (Å²) in [5, 5.41) is 3.92. The first kappa shape index (κ1) is 58.6. The van der Waals surface area contributed by atoms with Crippen molar-refractivity contribution in [3.05, 3.63) is 129 Å². The molecule has 3 aliphatic rings. The molecule has 4 unspecified atom stereocenters. The Hall–Kier alpha value is -6.10. The van der Waals surface area contributed by atoms with Crippen molar-refractivity contribution in [2.24, 2.45) is 22.4 Å². The van der Waals surface area contributed by atoms with Crippen molar-refractivity contribution < 1.29 is 37.1 Å². The normalized spacial score (nSPS) is 18.5. The van der Waals surface area contributed by atoms with E-state index in [2.05, 4.69) is 94.8 Å². The number of fused-ring (bicyclic) bond motifs is 1. The van der Waals surface area contributed by atoms with Crippen molar-refractivity contribution >= 4 is 39.5 Å². The van der Waals surface area contributed by atoms with Gasteiger partial charge in [-0.25, -0.2) is 13.1 Å². The maximum absolute atomic E-state index is 14.4. The summed E-state index contributed by atoms with van der Waals surface area (Å²) < 4.78 is 42.2. The summed E-state index contributed by atoms with van der Waals surface area (Å²) >= 11 is 0. The average molecular weight is 1070 g/mol. The Balaban J connectivity index is 0.945. The average Bonchev–Trinajstić information content (AvgIpc) is 4.11. The Bertz CT molecular complexity index is 2850. The van der Waals surface area contributed by atoms with Gasteiger partial charge in [-0.1, -0.05) is 96.9 Å². The number of aliphatic imine (C=N–C) groups is 1. The smallest absolute Gasteiger partial charge is 0.309 e. The second-order valence-electron chi connectivity index (χ2n) is 23.0. The number of hydrogen-bond donors (Lipinski definition) is 4. The van der Waals surface area contributed by atoms with Gasteiger partial charge < -0.3 is 30.7 Å². The molecule has 4 aromatic rings. The topological polar surface area (TPSA) is 216 Å². The number of ether oxygens (including phenoxy) is 2. The molecule has 77 heavy (non-hydrogen) atoms. The number of ketones is 1. The standard InChI is InChI=1S/C61H83N7O8S/c1-40-29-31-47(32-30-40)61(45-22-12-10-13-23-45,46-24-14-11-15-25-46)65-36-17-16-26-49(62)55(70)68-38-20-28-51(68)56(71)67-37-19-27-50(67)52(69)39-44(57(72)76-59(5,6)7)21-18-35-64-58(63)66-77(73,74)54-42(3)41(2)53-48(43(54)4)33-34-60(8,9)75-53/h10-15,22-25,29-32,44,49-51,65H,16-21,26-28,33-39,62H2,1-9H3,(H3,63,64,66). The fourth-order valence-corrected chi connectivity index (χ4v) is 13.0. The van der Waals surface area contributed by atoms with Crippen LogP contribution < -0.4 is 26.2 Å². The lowest BCUT2D eigenvalue weighted by Gasteiger charge is -2.37. The Morgan fingerprint density at radius 3 is 2.01 bits per heavy atom. The summed E-state index contributed by atoms with van der Waals surface area (Å²) in [6.45, 7) is 18.3. The number of benzene rings is 4. The molecule has 2 fully saturated rings. The monoisotopic (exact) mass is 1070 g/mol. The second-order valence-corrected chi connectivity index (χ2v) is 24.7. The van der Waals surface area contributed by atoms with Crippen LogP contribution in [0.5, 0.6) is 5.75 Å². The van der Waals surface area contributed by atoms with Crippen LogP contribution in [-0.2, 0) is 45.9 Å². The van der Waals surface area contributed by atoms with E-state index in [1.165, 1.54) is 5.56 Å². The number of nitrogens with two attached hydrogens (primary N) is 2. The molecule has 0 spiro atoms. The first-order valence-corrected chi connectivity index (χ1v) is 29.1. The number of carbonyl (C=O) groups excluding carboxylic acids is 4. The van der Waals surface area contributed by atoms with Crippen LogP contribution in [0.25, 0.3) is 0 Å². The molecule has 4 aromatic carbocycles. The van der Waals surface area contributed by atoms with Crippen LogP contribution in [0.3, 0.4) is 0 Å². The third-order valence-electron chi connectivity index (χ3n) is 15.6. The summed E-state index contributed by atoms with van der Waals surface area (Å²) in [7, 11) is -4.13. The lowest BCUT2D eigenvalue weighted by atomic mass is 9.76. The maximum atomic E-state index is 14.4. The predicted molar refractivity (Wildman–Crippen MR) is 302 cm³/mol. The van der Waals surface area contributed by atoms with Gasteiger partial charge in [-0.15, -0.1) is 0 Å². The second kappa shape index (κ2) is 24.7. The summed E-state index contributed by atoms with van der Waals surface area (Å²) in [5.41, 5.74) is 18.4. The van der Waals surface area contributed by atoms with E-state index in [4.69, 9.17) is 20.9 Å². The van der Waals surface area contributed by atoms with Gasteiger partial charge in [0.2, 0.25) is 17.8 Å². The molecule has 15 nitrogen and oxygen atoms in total. The van der Waals surface area contributed by atoms with Crippen LogP contribution in [0.4, 0.5) is 0 Å². The number of hydrogen-bond acceptors (Lipinski definition) is 11. The van der Waals surface area contributed by atoms with Crippen molar-refractivity contribution in [3.63, 3.8) is 0 Å². The van der Waals surface area contributed by atoms with Gasteiger partial charge in [0, 0.05) is 26.1 Å². The van der Waals surface area contributed by atoms with Gasteiger partial charge in [0.05, 0.1) is 28.4 Å². The lowest BCUT2D eigenvalue weighted by molar-refractivity contribution is -0.161. The minimum absolute atomic E-state index is 0.0712. The number of sulfonamides is 1. The number of unbranched alkanes of at least 4 members (excludes halogenated alkanes) is 1. The quantitative estimate of drug-likeness (QED) is 0.0204. The molecule has 4 atom stereocenters. The zero-order chi connectivity index (χ0) is 55.9. The molecule has 0 radical (unpaired) electrons. The van der Waals surface area contributed by atoms with Crippen molar-refractivity contribution in [2.75, 3.05) is 26.2 Å². The summed E-state index contributed by atoms with van der Waals surface area (Å²) in [6.07, 6.45) is 5.79. The first-order chi connectivity index (χ1) is 36.4. The SMILES string of the molecule is Cc1ccc(C(NCCCCC(N)C(=O)N2CCCC2C(=O)N2CCCC2C(=O)CC(CCCN=C(N)NS(=O)(=O)c2c(C)c(C)c3c(c2C)CCC(C)(C)O3)C(=O)OC(C)(C)C)(c2ccccc2)c2ccccc2)cc1. The highest BCUT2D eigenvalue weighted by molar-refractivity contribution is 7.90. The number of guanidine groups is 1. The minimum atomic E-state index is -4.13. The molecule has 16 heteroatoms. The van der Waals surface area contributed by atoms with E-state index in [9.17, 15) is 27.6 Å². The third-order valence-corrected chi connectivity index (χ3v) is 17.3. The first-order valence-electron chi connectivity index (χ1n) is 27.6. The number of nitrogens with zero attached hydrogens (tertiary/aromatic N) is 3. The summed E-state index contributed by atoms with van der Waals surface area (Å²) in [5.74, 6) is -1.75. The van der Waals surface area contributed by atoms with Crippen molar-refractivity contribution in [1.29, 1.82) is 0 Å². The van der Waals surface area contributed by atoms with Crippen molar-refractivity contribution in [2.45, 2.75) is 179 Å². The molecular weight excluding hydrogens is 991 g/mol. The summed E-state index contributed by atoms with van der Waals surface area (Å²) in [6, 6.07) is 27.2. The minimum Gasteiger partial charge on any atom is -0.487 e. The highest BCUT2D eigenvalue weighted by atomic mass is 32.2. The number of esters is 1. The Labute approximate surface area is 457 Å². The molecule has 7 rings (SSSR count). The summed E-state index contributed by atoms with van der Waals surface area (Å²) in [4.78, 5) is 64.1. The van der Waals surface area contributed by atoms with Crippen LogP contribution in [0.2, 0.25) is 0 Å². The van der Waals surface area contributed by atoms with Gasteiger partial charge in [0.1, 0.15) is 23.0 Å². The molecule has 2 saturated heterocycles. The number of amides is 2. The fourth-order valence-electron chi connectivity index (χ4n) is 11.5.